The average molecular weight is 294 g/mol. The minimum Gasteiger partial charge on any atom is -0.491 e. The van der Waals surface area contributed by atoms with E-state index in [2.05, 4.69) is 18.8 Å². The predicted octanol–water partition coefficient (Wildman–Crippen LogP) is 2.31. The van der Waals surface area contributed by atoms with Gasteiger partial charge in [0.25, 0.3) is 0 Å². The number of rotatable bonds is 5. The summed E-state index contributed by atoms with van der Waals surface area (Å²) in [5.41, 5.74) is 0.516. The number of hydrogen-bond acceptors (Lipinski definition) is 4. The first-order chi connectivity index (χ1) is 9.39. The van der Waals surface area contributed by atoms with Crippen LogP contribution in [0, 0.1) is 5.92 Å². The molecule has 0 atom stereocenters. The van der Waals surface area contributed by atoms with E-state index in [1.165, 1.54) is 6.07 Å². The second-order valence-corrected chi connectivity index (χ2v) is 6.57. The Morgan fingerprint density at radius 1 is 1.30 bits per heavy atom. The van der Waals surface area contributed by atoms with Gasteiger partial charge in [-0.25, -0.2) is 13.6 Å². The Hall–Kier alpha value is -1.66. The molecule has 2 rings (SSSR count). The van der Waals surface area contributed by atoms with E-state index >= 15 is 0 Å². The third-order valence-corrected chi connectivity index (χ3v) is 3.92. The highest BCUT2D eigenvalue weighted by Gasteiger charge is 2.15. The zero-order chi connectivity index (χ0) is 14.8. The Bertz CT molecular complexity index is 711. The third kappa shape index (κ3) is 3.26. The summed E-state index contributed by atoms with van der Waals surface area (Å²) in [7, 11) is -3.78. The van der Waals surface area contributed by atoms with E-state index in [-0.39, 0.29) is 4.90 Å². The normalized spacial score (nSPS) is 12.0. The number of ether oxygens (including phenoxy) is 1. The molecule has 0 fully saturated rings. The number of hydrogen-bond donors (Lipinski definition) is 1. The van der Waals surface area contributed by atoms with Crippen LogP contribution in [0.3, 0.4) is 0 Å². The van der Waals surface area contributed by atoms with Crippen molar-refractivity contribution in [1.29, 1.82) is 0 Å². The maximum atomic E-state index is 11.6. The van der Waals surface area contributed by atoms with E-state index < -0.39 is 10.0 Å². The summed E-state index contributed by atoms with van der Waals surface area (Å²) in [6, 6.07) is 6.42. The van der Waals surface area contributed by atoms with Gasteiger partial charge in [-0.05, 0) is 36.6 Å². The molecular formula is C14H18N2O3S. The Kier molecular flexibility index (Phi) is 4.25. The van der Waals surface area contributed by atoms with Crippen LogP contribution in [0.25, 0.3) is 10.9 Å². The van der Waals surface area contributed by atoms with Crippen molar-refractivity contribution in [2.75, 3.05) is 6.61 Å². The first kappa shape index (κ1) is 14.7. The molecule has 1 aromatic heterocycles. The fraction of sp³-hybridized carbons (Fsp3) is 0.357. The van der Waals surface area contributed by atoms with Crippen LogP contribution in [0.15, 0.2) is 35.4 Å². The number of fused-ring (bicyclic) bond motifs is 1. The van der Waals surface area contributed by atoms with Gasteiger partial charge < -0.3 is 4.74 Å². The highest BCUT2D eigenvalue weighted by Crippen LogP contribution is 2.29. The first-order valence-electron chi connectivity index (χ1n) is 6.43. The van der Waals surface area contributed by atoms with E-state index in [0.29, 0.717) is 29.2 Å². The molecule has 1 heterocycles. The van der Waals surface area contributed by atoms with Gasteiger partial charge in [0, 0.05) is 11.6 Å². The number of nitrogens with zero attached hydrogens (tertiary/aromatic N) is 1. The predicted molar refractivity (Wildman–Crippen MR) is 78.1 cm³/mol. The van der Waals surface area contributed by atoms with Crippen LogP contribution in [0.4, 0.5) is 0 Å². The molecule has 6 heteroatoms. The van der Waals surface area contributed by atoms with Crippen LogP contribution in [-0.4, -0.2) is 20.0 Å². The monoisotopic (exact) mass is 294 g/mol. The second-order valence-electron chi connectivity index (χ2n) is 5.04. The van der Waals surface area contributed by atoms with Crippen molar-refractivity contribution >= 4 is 20.9 Å². The first-order valence-corrected chi connectivity index (χ1v) is 7.97. The van der Waals surface area contributed by atoms with Gasteiger partial charge in [0.2, 0.25) is 10.0 Å². The largest absolute Gasteiger partial charge is 0.491 e. The highest BCUT2D eigenvalue weighted by atomic mass is 32.2. The van der Waals surface area contributed by atoms with E-state index in [4.69, 9.17) is 9.88 Å². The number of primary sulfonamides is 1. The zero-order valence-corrected chi connectivity index (χ0v) is 12.4. The van der Waals surface area contributed by atoms with Gasteiger partial charge >= 0.3 is 0 Å². The molecular weight excluding hydrogens is 276 g/mol. The number of sulfonamides is 1. The lowest BCUT2D eigenvalue weighted by molar-refractivity contribution is 0.292. The Morgan fingerprint density at radius 2 is 2.05 bits per heavy atom. The van der Waals surface area contributed by atoms with Gasteiger partial charge in [0.1, 0.15) is 11.3 Å². The van der Waals surface area contributed by atoms with Crippen LogP contribution in [0.5, 0.6) is 5.75 Å². The number of nitrogens with two attached hydrogens (primary N) is 1. The van der Waals surface area contributed by atoms with Crippen molar-refractivity contribution in [1.82, 2.24) is 4.98 Å². The van der Waals surface area contributed by atoms with Crippen molar-refractivity contribution in [2.24, 2.45) is 11.1 Å². The smallest absolute Gasteiger partial charge is 0.238 e. The molecule has 0 saturated carbocycles. The summed E-state index contributed by atoms with van der Waals surface area (Å²) < 4.78 is 28.8. The lowest BCUT2D eigenvalue weighted by Gasteiger charge is -2.11. The van der Waals surface area contributed by atoms with Crippen LogP contribution in [-0.2, 0) is 10.0 Å². The quantitative estimate of drug-likeness (QED) is 0.917. The highest BCUT2D eigenvalue weighted by molar-refractivity contribution is 7.89. The van der Waals surface area contributed by atoms with Crippen LogP contribution in [0.2, 0.25) is 0 Å². The van der Waals surface area contributed by atoms with Crippen molar-refractivity contribution in [2.45, 2.75) is 25.2 Å². The molecule has 0 radical (unpaired) electrons. The SMILES string of the molecule is CC(C)CCOc1ccc(S(N)(=O)=O)c2cccnc12. The summed E-state index contributed by atoms with van der Waals surface area (Å²) in [6.45, 7) is 4.80. The molecule has 0 aliphatic heterocycles. The summed E-state index contributed by atoms with van der Waals surface area (Å²) in [6.07, 6.45) is 2.52. The van der Waals surface area contributed by atoms with Gasteiger partial charge in [-0.2, -0.15) is 0 Å². The Labute approximate surface area is 118 Å². The molecule has 0 amide bonds. The Morgan fingerprint density at radius 3 is 2.70 bits per heavy atom. The van der Waals surface area contributed by atoms with Gasteiger partial charge in [0.15, 0.2) is 0 Å². The molecule has 20 heavy (non-hydrogen) atoms. The molecule has 5 nitrogen and oxygen atoms in total. The molecule has 0 aliphatic rings. The molecule has 0 aliphatic carbocycles. The van der Waals surface area contributed by atoms with Crippen LogP contribution >= 0.6 is 0 Å². The second kappa shape index (κ2) is 5.76. The van der Waals surface area contributed by atoms with E-state index in [1.54, 1.807) is 24.4 Å². The fourth-order valence-electron chi connectivity index (χ4n) is 1.89. The standard InChI is InChI=1S/C14H18N2O3S/c1-10(2)7-9-19-12-5-6-13(20(15,17)18)11-4-3-8-16-14(11)12/h3-6,8,10H,7,9H2,1-2H3,(H2,15,17,18). The Balaban J connectivity index is 2.44. The number of benzene rings is 1. The summed E-state index contributed by atoms with van der Waals surface area (Å²) in [5, 5.41) is 5.70. The van der Waals surface area contributed by atoms with Crippen molar-refractivity contribution in [3.63, 3.8) is 0 Å². The molecule has 0 spiro atoms. The lowest BCUT2D eigenvalue weighted by Crippen LogP contribution is -2.13. The molecule has 1 aromatic carbocycles. The number of pyridine rings is 1. The average Bonchev–Trinajstić information content (AvgIpc) is 2.37. The lowest BCUT2D eigenvalue weighted by atomic mass is 10.1. The topological polar surface area (TPSA) is 82.3 Å². The molecule has 0 bridgehead atoms. The van der Waals surface area contributed by atoms with Crippen molar-refractivity contribution in [3.05, 3.63) is 30.5 Å². The zero-order valence-electron chi connectivity index (χ0n) is 11.5. The van der Waals surface area contributed by atoms with Gasteiger partial charge in [-0.1, -0.05) is 13.8 Å². The molecule has 108 valence electrons. The summed E-state index contributed by atoms with van der Waals surface area (Å²) >= 11 is 0. The van der Waals surface area contributed by atoms with E-state index in [0.717, 1.165) is 6.42 Å². The third-order valence-electron chi connectivity index (χ3n) is 2.95. The van der Waals surface area contributed by atoms with Gasteiger partial charge in [-0.15, -0.1) is 0 Å². The van der Waals surface area contributed by atoms with E-state index in [1.807, 2.05) is 0 Å². The molecule has 2 N–H and O–H groups in total. The summed E-state index contributed by atoms with van der Waals surface area (Å²) in [5.74, 6) is 1.12. The van der Waals surface area contributed by atoms with Gasteiger partial charge in [0.05, 0.1) is 11.5 Å². The van der Waals surface area contributed by atoms with Gasteiger partial charge in [-0.3, -0.25) is 4.98 Å². The molecule has 0 saturated heterocycles. The maximum absolute atomic E-state index is 11.6. The van der Waals surface area contributed by atoms with E-state index in [9.17, 15) is 8.42 Å². The molecule has 2 aromatic rings. The molecule has 0 unspecified atom stereocenters. The fourth-order valence-corrected chi connectivity index (χ4v) is 2.62. The minimum atomic E-state index is -3.78. The minimum absolute atomic E-state index is 0.0665. The van der Waals surface area contributed by atoms with Crippen LogP contribution in [0.1, 0.15) is 20.3 Å². The van der Waals surface area contributed by atoms with Crippen molar-refractivity contribution in [3.8, 4) is 5.75 Å². The van der Waals surface area contributed by atoms with Crippen LogP contribution < -0.4 is 9.88 Å². The summed E-state index contributed by atoms with van der Waals surface area (Å²) in [4.78, 5) is 4.27. The maximum Gasteiger partial charge on any atom is 0.238 e. The van der Waals surface area contributed by atoms with Crippen molar-refractivity contribution < 1.29 is 13.2 Å². The number of aromatic nitrogens is 1.